The van der Waals surface area contributed by atoms with Gasteiger partial charge in [0.2, 0.25) is 0 Å². The fourth-order valence-corrected chi connectivity index (χ4v) is 1.78. The Morgan fingerprint density at radius 3 is 2.53 bits per heavy atom. The predicted octanol–water partition coefficient (Wildman–Crippen LogP) is 3.46. The minimum absolute atomic E-state index is 0.175. The molecule has 0 aliphatic rings. The molecule has 0 aliphatic heterocycles. The molecule has 4 heteroatoms. The van der Waals surface area contributed by atoms with Crippen molar-refractivity contribution in [2.24, 2.45) is 0 Å². The first kappa shape index (κ1) is 13.7. The average molecular weight is 279 g/mol. The summed E-state index contributed by atoms with van der Waals surface area (Å²) in [7, 11) is 1.59. The fourth-order valence-electron chi connectivity index (χ4n) is 1.65. The predicted molar refractivity (Wildman–Crippen MR) is 74.9 cm³/mol. The summed E-state index contributed by atoms with van der Waals surface area (Å²) in [6.45, 7) is 0.175. The van der Waals surface area contributed by atoms with Crippen molar-refractivity contribution >= 4 is 11.6 Å². The van der Waals surface area contributed by atoms with Crippen molar-refractivity contribution in [3.8, 4) is 11.5 Å². The van der Waals surface area contributed by atoms with Gasteiger partial charge in [-0.25, -0.2) is 0 Å². The fraction of sp³-hybridized carbons (Fsp3) is 0.200. The first-order valence-corrected chi connectivity index (χ1v) is 6.27. The Morgan fingerprint density at radius 2 is 1.84 bits per heavy atom. The molecule has 0 bridgehead atoms. The standard InChI is InChI=1S/C15H15ClO3/c1-18-14-4-2-3-11(9-14)15(17)10-19-13-7-5-12(16)6-8-13/h2-9,15,17H,10H2,1H3. The van der Waals surface area contributed by atoms with E-state index in [1.165, 1.54) is 0 Å². The number of aliphatic hydroxyl groups excluding tert-OH is 1. The van der Waals surface area contributed by atoms with Gasteiger partial charge in [0.1, 0.15) is 24.2 Å². The van der Waals surface area contributed by atoms with Gasteiger partial charge in [0.25, 0.3) is 0 Å². The van der Waals surface area contributed by atoms with E-state index in [4.69, 9.17) is 21.1 Å². The largest absolute Gasteiger partial charge is 0.497 e. The van der Waals surface area contributed by atoms with Crippen LogP contribution in [0.5, 0.6) is 11.5 Å². The van der Waals surface area contributed by atoms with Gasteiger partial charge >= 0.3 is 0 Å². The molecular weight excluding hydrogens is 264 g/mol. The average Bonchev–Trinajstić information content (AvgIpc) is 2.46. The van der Waals surface area contributed by atoms with Crippen molar-refractivity contribution < 1.29 is 14.6 Å². The summed E-state index contributed by atoms with van der Waals surface area (Å²) in [5, 5.41) is 10.7. The molecule has 0 amide bonds. The molecule has 0 saturated heterocycles. The molecule has 0 radical (unpaired) electrons. The number of hydrogen-bond donors (Lipinski definition) is 1. The number of aliphatic hydroxyl groups is 1. The molecule has 0 heterocycles. The van der Waals surface area contributed by atoms with Crippen molar-refractivity contribution in [3.63, 3.8) is 0 Å². The normalized spacial score (nSPS) is 11.9. The molecule has 1 unspecified atom stereocenters. The third-order valence-electron chi connectivity index (χ3n) is 2.70. The third-order valence-corrected chi connectivity index (χ3v) is 2.95. The lowest BCUT2D eigenvalue weighted by atomic mass is 10.1. The van der Waals surface area contributed by atoms with Crippen LogP contribution in [-0.4, -0.2) is 18.8 Å². The summed E-state index contributed by atoms with van der Waals surface area (Å²) < 4.78 is 10.6. The molecule has 2 aromatic rings. The number of methoxy groups -OCH3 is 1. The van der Waals surface area contributed by atoms with Gasteiger partial charge in [-0.05, 0) is 42.0 Å². The lowest BCUT2D eigenvalue weighted by molar-refractivity contribution is 0.108. The van der Waals surface area contributed by atoms with E-state index < -0.39 is 6.10 Å². The highest BCUT2D eigenvalue weighted by molar-refractivity contribution is 6.30. The van der Waals surface area contributed by atoms with Gasteiger partial charge in [-0.2, -0.15) is 0 Å². The van der Waals surface area contributed by atoms with Gasteiger partial charge < -0.3 is 14.6 Å². The Morgan fingerprint density at radius 1 is 1.11 bits per heavy atom. The number of rotatable bonds is 5. The van der Waals surface area contributed by atoms with Gasteiger partial charge in [-0.1, -0.05) is 23.7 Å². The highest BCUT2D eigenvalue weighted by Gasteiger charge is 2.09. The Bertz CT molecular complexity index is 525. The molecule has 0 fully saturated rings. The Kier molecular flexibility index (Phi) is 4.66. The molecule has 2 aromatic carbocycles. The lowest BCUT2D eigenvalue weighted by Gasteiger charge is -2.13. The van der Waals surface area contributed by atoms with Crippen LogP contribution < -0.4 is 9.47 Å². The van der Waals surface area contributed by atoms with Gasteiger partial charge in [0, 0.05) is 5.02 Å². The summed E-state index contributed by atoms with van der Waals surface area (Å²) in [6.07, 6.45) is -0.703. The maximum absolute atomic E-state index is 10.0. The number of benzene rings is 2. The van der Waals surface area contributed by atoms with Crippen molar-refractivity contribution in [1.29, 1.82) is 0 Å². The SMILES string of the molecule is COc1cccc(C(O)COc2ccc(Cl)cc2)c1. The maximum Gasteiger partial charge on any atom is 0.119 e. The summed E-state index contributed by atoms with van der Waals surface area (Å²) in [4.78, 5) is 0. The van der Waals surface area contributed by atoms with Crippen LogP contribution in [0.25, 0.3) is 0 Å². The summed E-state index contributed by atoms with van der Waals surface area (Å²) in [5.74, 6) is 1.38. The molecule has 1 N–H and O–H groups in total. The minimum atomic E-state index is -0.703. The molecular formula is C15H15ClO3. The van der Waals surface area contributed by atoms with E-state index >= 15 is 0 Å². The summed E-state index contributed by atoms with van der Waals surface area (Å²) in [5.41, 5.74) is 0.758. The van der Waals surface area contributed by atoms with Crippen molar-refractivity contribution in [2.45, 2.75) is 6.10 Å². The second kappa shape index (κ2) is 6.45. The van der Waals surface area contributed by atoms with Crippen LogP contribution in [-0.2, 0) is 0 Å². The molecule has 0 saturated carbocycles. The lowest BCUT2D eigenvalue weighted by Crippen LogP contribution is -2.09. The van der Waals surface area contributed by atoms with E-state index in [9.17, 15) is 5.11 Å². The second-order valence-corrected chi connectivity index (χ2v) is 4.49. The summed E-state index contributed by atoms with van der Waals surface area (Å²) in [6, 6.07) is 14.3. The van der Waals surface area contributed by atoms with Crippen molar-refractivity contribution in [1.82, 2.24) is 0 Å². The van der Waals surface area contributed by atoms with E-state index in [-0.39, 0.29) is 6.61 Å². The van der Waals surface area contributed by atoms with Crippen LogP contribution in [0, 0.1) is 0 Å². The van der Waals surface area contributed by atoms with Crippen LogP contribution in [0.4, 0.5) is 0 Å². The second-order valence-electron chi connectivity index (χ2n) is 4.06. The summed E-state index contributed by atoms with van der Waals surface area (Å²) >= 11 is 5.78. The van der Waals surface area contributed by atoms with E-state index in [1.807, 2.05) is 18.2 Å². The van der Waals surface area contributed by atoms with Gasteiger partial charge in [0.15, 0.2) is 0 Å². The third kappa shape index (κ3) is 3.88. The molecule has 0 aliphatic carbocycles. The smallest absolute Gasteiger partial charge is 0.119 e. The van der Waals surface area contributed by atoms with Gasteiger partial charge in [-0.3, -0.25) is 0 Å². The zero-order chi connectivity index (χ0) is 13.7. The highest BCUT2D eigenvalue weighted by Crippen LogP contribution is 2.21. The van der Waals surface area contributed by atoms with Crippen LogP contribution in [0.3, 0.4) is 0 Å². The van der Waals surface area contributed by atoms with Crippen molar-refractivity contribution in [2.75, 3.05) is 13.7 Å². The number of halogens is 1. The van der Waals surface area contributed by atoms with Crippen LogP contribution in [0.2, 0.25) is 5.02 Å². The molecule has 3 nitrogen and oxygen atoms in total. The van der Waals surface area contributed by atoms with E-state index in [1.54, 1.807) is 37.4 Å². The Balaban J connectivity index is 1.96. The minimum Gasteiger partial charge on any atom is -0.497 e. The molecule has 0 aromatic heterocycles. The molecule has 100 valence electrons. The van der Waals surface area contributed by atoms with E-state index in [0.717, 1.165) is 5.56 Å². The van der Waals surface area contributed by atoms with E-state index in [0.29, 0.717) is 16.5 Å². The molecule has 0 spiro atoms. The van der Waals surface area contributed by atoms with E-state index in [2.05, 4.69) is 0 Å². The topological polar surface area (TPSA) is 38.7 Å². The maximum atomic E-state index is 10.0. The van der Waals surface area contributed by atoms with Crippen molar-refractivity contribution in [3.05, 3.63) is 59.1 Å². The molecule has 19 heavy (non-hydrogen) atoms. The number of hydrogen-bond acceptors (Lipinski definition) is 3. The van der Waals surface area contributed by atoms with Crippen LogP contribution >= 0.6 is 11.6 Å². The van der Waals surface area contributed by atoms with Gasteiger partial charge in [0.05, 0.1) is 7.11 Å². The van der Waals surface area contributed by atoms with Gasteiger partial charge in [-0.15, -0.1) is 0 Å². The Labute approximate surface area is 117 Å². The molecule has 1 atom stereocenters. The Hall–Kier alpha value is -1.71. The number of ether oxygens (including phenoxy) is 2. The first-order chi connectivity index (χ1) is 9.19. The quantitative estimate of drug-likeness (QED) is 0.910. The monoisotopic (exact) mass is 278 g/mol. The molecule has 2 rings (SSSR count). The first-order valence-electron chi connectivity index (χ1n) is 5.89. The zero-order valence-electron chi connectivity index (χ0n) is 10.5. The van der Waals surface area contributed by atoms with Crippen LogP contribution in [0.1, 0.15) is 11.7 Å². The van der Waals surface area contributed by atoms with Crippen LogP contribution in [0.15, 0.2) is 48.5 Å². The zero-order valence-corrected chi connectivity index (χ0v) is 11.3. The highest BCUT2D eigenvalue weighted by atomic mass is 35.5.